The van der Waals surface area contributed by atoms with Crippen molar-refractivity contribution in [2.75, 3.05) is 13.6 Å². The number of hydrogen-bond acceptors (Lipinski definition) is 3. The molecule has 5 heteroatoms. The first-order valence-corrected chi connectivity index (χ1v) is 5.26. The molecule has 0 saturated heterocycles. The quantitative estimate of drug-likeness (QED) is 0.841. The molecule has 0 radical (unpaired) electrons. The number of carbonyl (C=O) groups excluding carboxylic acids is 1. The Morgan fingerprint density at radius 2 is 2.25 bits per heavy atom. The first kappa shape index (κ1) is 12.8. The Morgan fingerprint density at radius 1 is 1.62 bits per heavy atom. The molecule has 1 aromatic carbocycles. The number of phenols is 1. The lowest BCUT2D eigenvalue weighted by Gasteiger charge is -2.24. The molecule has 0 aliphatic heterocycles. The van der Waals surface area contributed by atoms with E-state index in [0.29, 0.717) is 10.6 Å². The third-order valence-electron chi connectivity index (χ3n) is 2.51. The predicted octanol–water partition coefficient (Wildman–Crippen LogP) is 1.52. The van der Waals surface area contributed by atoms with E-state index in [-0.39, 0.29) is 18.3 Å². The van der Waals surface area contributed by atoms with Gasteiger partial charge < -0.3 is 10.8 Å². The predicted molar refractivity (Wildman–Crippen MR) is 63.4 cm³/mol. The van der Waals surface area contributed by atoms with Crippen LogP contribution in [0.1, 0.15) is 18.5 Å². The van der Waals surface area contributed by atoms with Gasteiger partial charge in [0.15, 0.2) is 0 Å². The smallest absolute Gasteiger partial charge is 0.231 e. The van der Waals surface area contributed by atoms with E-state index in [9.17, 15) is 9.90 Å². The van der Waals surface area contributed by atoms with Gasteiger partial charge in [-0.3, -0.25) is 9.69 Å². The third-order valence-corrected chi connectivity index (χ3v) is 2.74. The molecule has 1 unspecified atom stereocenters. The number of halogens is 1. The Morgan fingerprint density at radius 3 is 2.81 bits per heavy atom. The van der Waals surface area contributed by atoms with Crippen molar-refractivity contribution >= 4 is 17.5 Å². The summed E-state index contributed by atoms with van der Waals surface area (Å²) in [6.45, 7) is 2.00. The van der Waals surface area contributed by atoms with Crippen LogP contribution >= 0.6 is 11.6 Å². The minimum Gasteiger partial charge on any atom is -0.508 e. The van der Waals surface area contributed by atoms with Crippen molar-refractivity contribution < 1.29 is 9.90 Å². The molecule has 0 aliphatic rings. The second-order valence-electron chi connectivity index (χ2n) is 3.76. The van der Waals surface area contributed by atoms with Gasteiger partial charge in [-0.1, -0.05) is 11.6 Å². The van der Waals surface area contributed by atoms with Crippen LogP contribution in [0.3, 0.4) is 0 Å². The van der Waals surface area contributed by atoms with Gasteiger partial charge in [-0.05, 0) is 32.2 Å². The largest absolute Gasteiger partial charge is 0.508 e. The molecule has 1 atom stereocenters. The second kappa shape index (κ2) is 5.18. The zero-order valence-corrected chi connectivity index (χ0v) is 10.0. The van der Waals surface area contributed by atoms with Crippen LogP contribution in [-0.2, 0) is 4.79 Å². The topological polar surface area (TPSA) is 66.6 Å². The van der Waals surface area contributed by atoms with Gasteiger partial charge in [0.05, 0.1) is 6.54 Å². The lowest BCUT2D eigenvalue weighted by atomic mass is 10.1. The summed E-state index contributed by atoms with van der Waals surface area (Å²) in [6.07, 6.45) is 0. The second-order valence-corrected chi connectivity index (χ2v) is 4.20. The Labute approximate surface area is 99.6 Å². The zero-order chi connectivity index (χ0) is 12.3. The molecule has 0 fully saturated rings. The molecule has 0 heterocycles. The highest BCUT2D eigenvalue weighted by Gasteiger charge is 2.16. The van der Waals surface area contributed by atoms with Crippen LogP contribution in [0.2, 0.25) is 5.02 Å². The monoisotopic (exact) mass is 242 g/mol. The van der Waals surface area contributed by atoms with Gasteiger partial charge in [-0.2, -0.15) is 0 Å². The average molecular weight is 243 g/mol. The number of likely N-dealkylation sites (N-methyl/N-ethyl adjacent to an activating group) is 1. The maximum atomic E-state index is 10.8. The lowest BCUT2D eigenvalue weighted by molar-refractivity contribution is -0.119. The Kier molecular flexibility index (Phi) is 4.15. The van der Waals surface area contributed by atoms with Crippen molar-refractivity contribution in [2.24, 2.45) is 5.73 Å². The van der Waals surface area contributed by atoms with Crippen molar-refractivity contribution in [3.8, 4) is 5.75 Å². The minimum absolute atomic E-state index is 0.132. The molecule has 0 aliphatic carbocycles. The number of carbonyl (C=O) groups is 1. The van der Waals surface area contributed by atoms with Crippen LogP contribution in [0, 0.1) is 0 Å². The molecule has 1 amide bonds. The lowest BCUT2D eigenvalue weighted by Crippen LogP contribution is -2.32. The standard InChI is InChI=1S/C11H15ClN2O2/c1-7(14(2)6-11(13)16)9-5-8(12)3-4-10(9)15/h3-5,7,15H,6H2,1-2H3,(H2,13,16). The highest BCUT2D eigenvalue weighted by molar-refractivity contribution is 6.30. The normalized spacial score (nSPS) is 12.8. The van der Waals surface area contributed by atoms with Crippen LogP contribution in [0.25, 0.3) is 0 Å². The van der Waals surface area contributed by atoms with Gasteiger partial charge in [0.25, 0.3) is 0 Å². The zero-order valence-electron chi connectivity index (χ0n) is 9.27. The van der Waals surface area contributed by atoms with E-state index in [2.05, 4.69) is 0 Å². The first-order chi connectivity index (χ1) is 7.41. The fourth-order valence-electron chi connectivity index (χ4n) is 1.48. The Balaban J connectivity index is 2.90. The van der Waals surface area contributed by atoms with Crippen LogP contribution in [-0.4, -0.2) is 29.5 Å². The number of aromatic hydroxyl groups is 1. The van der Waals surface area contributed by atoms with Crippen LogP contribution in [0.4, 0.5) is 0 Å². The van der Waals surface area contributed by atoms with Gasteiger partial charge in [-0.15, -0.1) is 0 Å². The molecule has 1 aromatic rings. The van der Waals surface area contributed by atoms with Crippen molar-refractivity contribution in [3.05, 3.63) is 28.8 Å². The number of phenolic OH excluding ortho intramolecular Hbond substituents is 1. The van der Waals surface area contributed by atoms with Gasteiger partial charge in [0, 0.05) is 16.6 Å². The molecule has 4 nitrogen and oxygen atoms in total. The number of rotatable bonds is 4. The van der Waals surface area contributed by atoms with Gasteiger partial charge in [0.2, 0.25) is 5.91 Å². The third kappa shape index (κ3) is 3.12. The van der Waals surface area contributed by atoms with Crippen LogP contribution in [0.15, 0.2) is 18.2 Å². The molecular weight excluding hydrogens is 228 g/mol. The van der Waals surface area contributed by atoms with E-state index in [1.807, 2.05) is 6.92 Å². The van der Waals surface area contributed by atoms with Crippen molar-refractivity contribution in [1.29, 1.82) is 0 Å². The van der Waals surface area contributed by atoms with Gasteiger partial charge >= 0.3 is 0 Å². The molecule has 16 heavy (non-hydrogen) atoms. The molecule has 1 rings (SSSR count). The van der Waals surface area contributed by atoms with E-state index in [1.54, 1.807) is 24.1 Å². The Bertz CT molecular complexity index is 396. The van der Waals surface area contributed by atoms with Gasteiger partial charge in [-0.25, -0.2) is 0 Å². The molecule has 0 saturated carbocycles. The summed E-state index contributed by atoms with van der Waals surface area (Å²) in [6, 6.07) is 4.69. The summed E-state index contributed by atoms with van der Waals surface area (Å²) in [7, 11) is 1.76. The number of benzene rings is 1. The van der Waals surface area contributed by atoms with E-state index >= 15 is 0 Å². The minimum atomic E-state index is -0.407. The molecule has 88 valence electrons. The van der Waals surface area contributed by atoms with Crippen LogP contribution < -0.4 is 5.73 Å². The molecule has 0 spiro atoms. The highest BCUT2D eigenvalue weighted by atomic mass is 35.5. The van der Waals surface area contributed by atoms with Gasteiger partial charge in [0.1, 0.15) is 5.75 Å². The number of primary amides is 1. The Hall–Kier alpha value is -1.26. The molecular formula is C11H15ClN2O2. The maximum absolute atomic E-state index is 10.8. The van der Waals surface area contributed by atoms with E-state index in [4.69, 9.17) is 17.3 Å². The van der Waals surface area contributed by atoms with Crippen molar-refractivity contribution in [3.63, 3.8) is 0 Å². The SMILES string of the molecule is CC(c1cc(Cl)ccc1O)N(C)CC(N)=O. The maximum Gasteiger partial charge on any atom is 0.231 e. The summed E-state index contributed by atoms with van der Waals surface area (Å²) in [4.78, 5) is 12.5. The molecule has 0 aromatic heterocycles. The number of hydrogen-bond donors (Lipinski definition) is 2. The molecule has 3 N–H and O–H groups in total. The van der Waals surface area contributed by atoms with Crippen LogP contribution in [0.5, 0.6) is 5.75 Å². The van der Waals surface area contributed by atoms with Crippen molar-refractivity contribution in [2.45, 2.75) is 13.0 Å². The van der Waals surface area contributed by atoms with E-state index in [1.165, 1.54) is 6.07 Å². The van der Waals surface area contributed by atoms with E-state index < -0.39 is 5.91 Å². The fraction of sp³-hybridized carbons (Fsp3) is 0.364. The van der Waals surface area contributed by atoms with Crippen molar-refractivity contribution in [1.82, 2.24) is 4.90 Å². The highest BCUT2D eigenvalue weighted by Crippen LogP contribution is 2.29. The van der Waals surface area contributed by atoms with E-state index in [0.717, 1.165) is 0 Å². The average Bonchev–Trinajstić information content (AvgIpc) is 2.19. The summed E-state index contributed by atoms with van der Waals surface area (Å²) >= 11 is 5.85. The molecule has 0 bridgehead atoms. The summed E-state index contributed by atoms with van der Waals surface area (Å²) < 4.78 is 0. The first-order valence-electron chi connectivity index (χ1n) is 4.88. The summed E-state index contributed by atoms with van der Waals surface area (Å²) in [5.41, 5.74) is 5.79. The summed E-state index contributed by atoms with van der Waals surface area (Å²) in [5, 5.41) is 10.2. The number of nitrogens with zero attached hydrogens (tertiary/aromatic N) is 1. The fourth-order valence-corrected chi connectivity index (χ4v) is 1.66. The number of amides is 1. The summed E-state index contributed by atoms with van der Waals surface area (Å²) in [5.74, 6) is -0.246. The number of nitrogens with two attached hydrogens (primary N) is 1.